The number of nitrogens with zero attached hydrogens (tertiary/aromatic N) is 2. The fraction of sp³-hybridized carbons (Fsp3) is 0.120. The smallest absolute Gasteiger partial charge is 0.335 e. The average molecular weight is 474 g/mol. The van der Waals surface area contributed by atoms with Crippen molar-refractivity contribution in [2.45, 2.75) is 20.3 Å². The first-order valence-electron chi connectivity index (χ1n) is 10.6. The molecule has 35 heavy (non-hydrogen) atoms. The van der Waals surface area contributed by atoms with Gasteiger partial charge < -0.3 is 10.2 Å². The van der Waals surface area contributed by atoms with Crippen molar-refractivity contribution < 1.29 is 19.8 Å². The molecule has 4 N–H and O–H groups in total. The van der Waals surface area contributed by atoms with Crippen LogP contribution in [0.5, 0.6) is 0 Å². The van der Waals surface area contributed by atoms with Crippen LogP contribution in [0.2, 0.25) is 0 Å². The van der Waals surface area contributed by atoms with E-state index in [0.717, 1.165) is 0 Å². The molecule has 10 nitrogen and oxygen atoms in total. The monoisotopic (exact) mass is 474 g/mol. The highest BCUT2D eigenvalue weighted by Crippen LogP contribution is 2.13. The number of benzene rings is 2. The van der Waals surface area contributed by atoms with Gasteiger partial charge >= 0.3 is 11.9 Å². The number of carboxylic acid groups (broad SMARTS) is 2. The molecule has 0 saturated heterocycles. The minimum atomic E-state index is -1.05. The molecule has 0 aliphatic carbocycles. The van der Waals surface area contributed by atoms with Crippen LogP contribution in [0.15, 0.2) is 64.2 Å². The molecular weight excluding hydrogens is 452 g/mol. The van der Waals surface area contributed by atoms with Crippen molar-refractivity contribution in [2.24, 2.45) is 0 Å². The number of aromatic nitrogens is 4. The van der Waals surface area contributed by atoms with Crippen LogP contribution in [0.3, 0.4) is 0 Å². The normalized spacial score (nSPS) is 11.3. The summed E-state index contributed by atoms with van der Waals surface area (Å²) >= 11 is 0. The number of hydrogen-bond donors (Lipinski definition) is 4. The van der Waals surface area contributed by atoms with Gasteiger partial charge in [0.1, 0.15) is 0 Å². The quantitative estimate of drug-likeness (QED) is 0.323. The summed E-state index contributed by atoms with van der Waals surface area (Å²) in [5, 5.41) is 24.1. The van der Waals surface area contributed by atoms with Crippen LogP contribution in [0.1, 0.15) is 43.2 Å². The van der Waals surface area contributed by atoms with E-state index >= 15 is 0 Å². The highest BCUT2D eigenvalue weighted by atomic mass is 16.4. The fourth-order valence-electron chi connectivity index (χ4n) is 3.74. The number of nitrogens with one attached hydrogen (secondary N) is 2. The van der Waals surface area contributed by atoms with Gasteiger partial charge in [0.15, 0.2) is 0 Å². The summed E-state index contributed by atoms with van der Waals surface area (Å²) in [4.78, 5) is 47.9. The molecule has 2 heterocycles. The molecule has 0 radical (unpaired) electrons. The number of carboxylic acids is 2. The molecule has 4 rings (SSSR count). The molecule has 2 aromatic carbocycles. The van der Waals surface area contributed by atoms with Gasteiger partial charge in [-0.3, -0.25) is 19.8 Å². The second kappa shape index (κ2) is 9.18. The number of aryl methyl sites for hydroxylation is 2. The Morgan fingerprint density at radius 2 is 1.23 bits per heavy atom. The van der Waals surface area contributed by atoms with Gasteiger partial charge in [-0.2, -0.15) is 0 Å². The van der Waals surface area contributed by atoms with Crippen LogP contribution < -0.4 is 11.1 Å². The van der Waals surface area contributed by atoms with E-state index < -0.39 is 11.9 Å². The van der Waals surface area contributed by atoms with Crippen LogP contribution in [-0.2, 0) is 6.42 Å². The molecule has 0 amide bonds. The fourth-order valence-corrected chi connectivity index (χ4v) is 3.74. The molecule has 10 heteroatoms. The van der Waals surface area contributed by atoms with E-state index in [1.807, 2.05) is 0 Å². The maximum atomic E-state index is 12.9. The van der Waals surface area contributed by atoms with Crippen molar-refractivity contribution in [3.05, 3.63) is 109 Å². The highest BCUT2D eigenvalue weighted by Gasteiger charge is 2.14. The number of carbonyl (C=O) groups is 2. The van der Waals surface area contributed by atoms with Crippen molar-refractivity contribution in [1.29, 1.82) is 0 Å². The molecule has 0 unspecified atom stereocenters. The van der Waals surface area contributed by atoms with Crippen molar-refractivity contribution in [3.63, 3.8) is 0 Å². The van der Waals surface area contributed by atoms with Crippen LogP contribution in [-0.4, -0.2) is 41.7 Å². The maximum absolute atomic E-state index is 12.9. The lowest BCUT2D eigenvalue weighted by molar-refractivity contribution is 0.0686. The number of hydrogen-bond acceptors (Lipinski definition) is 4. The topological polar surface area (TPSA) is 150 Å². The lowest BCUT2D eigenvalue weighted by Gasteiger charge is -2.01. The molecule has 0 fully saturated rings. The zero-order valence-electron chi connectivity index (χ0n) is 18.9. The minimum Gasteiger partial charge on any atom is -0.478 e. The Kier molecular flexibility index (Phi) is 6.11. The van der Waals surface area contributed by atoms with E-state index in [0.29, 0.717) is 33.9 Å². The molecule has 178 valence electrons. The molecule has 2 aromatic heterocycles. The Morgan fingerprint density at radius 3 is 1.71 bits per heavy atom. The third-order valence-electron chi connectivity index (χ3n) is 5.66. The zero-order valence-corrected chi connectivity index (χ0v) is 18.9. The van der Waals surface area contributed by atoms with Crippen LogP contribution in [0.4, 0.5) is 0 Å². The summed E-state index contributed by atoms with van der Waals surface area (Å²) in [6.07, 6.45) is 3.65. The summed E-state index contributed by atoms with van der Waals surface area (Å²) in [6.45, 7) is 3.51. The van der Waals surface area contributed by atoms with Crippen molar-refractivity contribution in [1.82, 2.24) is 19.6 Å². The first-order valence-corrected chi connectivity index (χ1v) is 10.6. The molecular formula is C25H22N4O6. The van der Waals surface area contributed by atoms with Crippen molar-refractivity contribution in [3.8, 4) is 11.4 Å². The van der Waals surface area contributed by atoms with Crippen LogP contribution in [0, 0.1) is 13.8 Å². The van der Waals surface area contributed by atoms with Gasteiger partial charge in [0.05, 0.1) is 28.1 Å². The Bertz CT molecular complexity index is 1560. The van der Waals surface area contributed by atoms with E-state index in [1.165, 1.54) is 33.6 Å². The molecule has 0 atom stereocenters. The average Bonchev–Trinajstić information content (AvgIpc) is 3.28. The standard InChI is InChI=1S/C25H22N4O6/c1-14-20(22(30)28(26-14)18-10-6-16(7-11-18)24(32)33)4-3-5-21-15(2)27-29(23(21)31)19-12-8-17(9-13-19)25(34)35/h3-4,6-13,26-27H,5H2,1-2H3,(H,32,33)(H,34,35). The van der Waals surface area contributed by atoms with Crippen LogP contribution >= 0.6 is 0 Å². The third kappa shape index (κ3) is 4.49. The van der Waals surface area contributed by atoms with Gasteiger partial charge in [0.2, 0.25) is 0 Å². The molecule has 0 aliphatic heterocycles. The van der Waals surface area contributed by atoms with E-state index in [2.05, 4.69) is 10.2 Å². The number of aromatic carboxylic acids is 2. The summed E-state index contributed by atoms with van der Waals surface area (Å²) in [5.41, 5.74) is 2.90. The third-order valence-corrected chi connectivity index (χ3v) is 5.66. The predicted octanol–water partition coefficient (Wildman–Crippen LogP) is 2.91. The number of rotatable bonds is 7. The van der Waals surface area contributed by atoms with Gasteiger partial charge in [-0.15, -0.1) is 0 Å². The van der Waals surface area contributed by atoms with Crippen molar-refractivity contribution in [2.75, 3.05) is 0 Å². The van der Waals surface area contributed by atoms with E-state index in [1.54, 1.807) is 50.3 Å². The van der Waals surface area contributed by atoms with Gasteiger partial charge in [-0.05, 0) is 68.8 Å². The van der Waals surface area contributed by atoms with E-state index in [9.17, 15) is 19.2 Å². The first-order chi connectivity index (χ1) is 16.7. The second-order valence-corrected chi connectivity index (χ2v) is 7.96. The Morgan fingerprint density at radius 1 is 0.771 bits per heavy atom. The van der Waals surface area contributed by atoms with Gasteiger partial charge in [0, 0.05) is 17.0 Å². The first kappa shape index (κ1) is 23.3. The molecule has 4 aromatic rings. The van der Waals surface area contributed by atoms with E-state index in [4.69, 9.17) is 10.2 Å². The van der Waals surface area contributed by atoms with Gasteiger partial charge in [-0.1, -0.05) is 12.2 Å². The Hall–Kier alpha value is -4.86. The lowest BCUT2D eigenvalue weighted by atomic mass is 10.1. The Labute approximate surface area is 198 Å². The summed E-state index contributed by atoms with van der Waals surface area (Å²) in [6, 6.07) is 11.9. The predicted molar refractivity (Wildman–Crippen MR) is 129 cm³/mol. The molecule has 0 spiro atoms. The maximum Gasteiger partial charge on any atom is 0.335 e. The SMILES string of the molecule is Cc1[nH]n(-c2ccc(C(=O)O)cc2)c(=O)c1C=CCc1c(C)[nH]n(-c2ccc(C(=O)O)cc2)c1=O. The summed E-state index contributed by atoms with van der Waals surface area (Å²) in [7, 11) is 0. The Balaban J connectivity index is 1.57. The van der Waals surface area contributed by atoms with Gasteiger partial charge in [-0.25, -0.2) is 19.0 Å². The van der Waals surface area contributed by atoms with E-state index in [-0.39, 0.29) is 28.7 Å². The highest BCUT2D eigenvalue weighted by molar-refractivity contribution is 5.88. The minimum absolute atomic E-state index is 0.121. The van der Waals surface area contributed by atoms with Crippen molar-refractivity contribution >= 4 is 18.0 Å². The zero-order chi connectivity index (χ0) is 25.3. The molecule has 0 bridgehead atoms. The van der Waals surface area contributed by atoms with Gasteiger partial charge in [0.25, 0.3) is 11.1 Å². The van der Waals surface area contributed by atoms with Crippen LogP contribution in [0.25, 0.3) is 17.5 Å². The number of aromatic amines is 2. The number of H-pyrrole nitrogens is 2. The number of allylic oxidation sites excluding steroid dienone is 1. The summed E-state index contributed by atoms with van der Waals surface area (Å²) < 4.78 is 2.68. The molecule has 0 aliphatic rings. The second-order valence-electron chi connectivity index (χ2n) is 7.96. The summed E-state index contributed by atoms with van der Waals surface area (Å²) in [5.74, 6) is -2.10. The lowest BCUT2D eigenvalue weighted by Crippen LogP contribution is -2.17. The molecule has 0 saturated carbocycles. The largest absolute Gasteiger partial charge is 0.478 e.